The number of hydrogen-bond acceptors (Lipinski definition) is 6. The fraction of sp³-hybridized carbons (Fsp3) is 0.263. The number of nitrogens with zero attached hydrogens (tertiary/aromatic N) is 1. The molecule has 0 amide bonds. The number of H-pyrrole nitrogens is 2. The first-order valence-corrected chi connectivity index (χ1v) is 8.31. The summed E-state index contributed by atoms with van der Waals surface area (Å²) in [5, 5.41) is 7.33. The predicted octanol–water partition coefficient (Wildman–Crippen LogP) is 2.72. The van der Waals surface area contributed by atoms with Crippen LogP contribution in [0.2, 0.25) is 0 Å². The molecule has 0 fully saturated rings. The van der Waals surface area contributed by atoms with Crippen LogP contribution in [-0.4, -0.2) is 46.1 Å². The minimum atomic E-state index is -1.06. The van der Waals surface area contributed by atoms with Crippen LogP contribution in [0.3, 0.4) is 0 Å². The Balaban J connectivity index is 1.82. The number of benzene rings is 1. The molecule has 0 radical (unpaired) electrons. The number of carbonyl (C=O) groups is 3. The van der Waals surface area contributed by atoms with E-state index in [0.717, 1.165) is 0 Å². The summed E-state index contributed by atoms with van der Waals surface area (Å²) < 4.78 is 10.0. The quantitative estimate of drug-likeness (QED) is 0.528. The lowest BCUT2D eigenvalue weighted by Gasteiger charge is -2.11. The van der Waals surface area contributed by atoms with Crippen molar-refractivity contribution in [3.63, 3.8) is 0 Å². The van der Waals surface area contributed by atoms with E-state index in [1.54, 1.807) is 32.0 Å². The van der Waals surface area contributed by atoms with Gasteiger partial charge in [-0.2, -0.15) is 5.10 Å². The number of methoxy groups -OCH3 is 1. The standard InChI is InChI=1S/C19H19N3O5/c1-9-14(18(24)26-4)10(2)20-15(9)17(23)11(3)27-19(25)16-12-7-5-6-8-13(12)21-22-16/h5-8,11,20H,1-4H3,(H,21,22)/t11-/m1/s1. The Morgan fingerprint density at radius 1 is 1.11 bits per heavy atom. The summed E-state index contributed by atoms with van der Waals surface area (Å²) in [6.07, 6.45) is -1.06. The number of hydrogen-bond donors (Lipinski definition) is 2. The van der Waals surface area contributed by atoms with Crippen LogP contribution in [0.4, 0.5) is 0 Å². The van der Waals surface area contributed by atoms with Crippen molar-refractivity contribution in [3.05, 3.63) is 52.5 Å². The van der Waals surface area contributed by atoms with E-state index in [-0.39, 0.29) is 11.4 Å². The van der Waals surface area contributed by atoms with Crippen molar-refractivity contribution < 1.29 is 23.9 Å². The van der Waals surface area contributed by atoms with Gasteiger partial charge in [0.25, 0.3) is 0 Å². The van der Waals surface area contributed by atoms with Crippen LogP contribution in [0.5, 0.6) is 0 Å². The van der Waals surface area contributed by atoms with Crippen molar-refractivity contribution in [2.24, 2.45) is 0 Å². The number of aromatic amines is 2. The largest absolute Gasteiger partial charge is 0.465 e. The lowest BCUT2D eigenvalue weighted by Crippen LogP contribution is -2.25. The van der Waals surface area contributed by atoms with Gasteiger partial charge in [-0.15, -0.1) is 0 Å². The molecule has 2 N–H and O–H groups in total. The Bertz CT molecular complexity index is 1050. The molecular formula is C19H19N3O5. The molecular weight excluding hydrogens is 350 g/mol. The number of ketones is 1. The third-order valence-electron chi connectivity index (χ3n) is 4.39. The fourth-order valence-electron chi connectivity index (χ4n) is 3.00. The van der Waals surface area contributed by atoms with Gasteiger partial charge < -0.3 is 14.5 Å². The van der Waals surface area contributed by atoms with Gasteiger partial charge in [0, 0.05) is 11.1 Å². The molecule has 0 unspecified atom stereocenters. The number of rotatable bonds is 5. The van der Waals surface area contributed by atoms with E-state index in [2.05, 4.69) is 15.2 Å². The smallest absolute Gasteiger partial charge is 0.360 e. The average Bonchev–Trinajstić information content (AvgIpc) is 3.21. The van der Waals surface area contributed by atoms with Crippen molar-refractivity contribution in [2.45, 2.75) is 26.9 Å². The molecule has 0 bridgehead atoms. The van der Waals surface area contributed by atoms with Gasteiger partial charge in [-0.3, -0.25) is 9.89 Å². The molecule has 8 heteroatoms. The van der Waals surface area contributed by atoms with E-state index in [9.17, 15) is 14.4 Å². The zero-order valence-electron chi connectivity index (χ0n) is 15.4. The number of nitrogens with one attached hydrogen (secondary N) is 2. The Morgan fingerprint density at radius 3 is 2.52 bits per heavy atom. The number of Topliss-reactive ketones (excluding diaryl/α,β-unsaturated/α-hetero) is 1. The van der Waals surface area contributed by atoms with Crippen LogP contribution in [0.15, 0.2) is 24.3 Å². The molecule has 8 nitrogen and oxygen atoms in total. The second-order valence-electron chi connectivity index (χ2n) is 6.15. The Labute approximate surface area is 154 Å². The lowest BCUT2D eigenvalue weighted by molar-refractivity contribution is 0.0313. The van der Waals surface area contributed by atoms with Crippen LogP contribution in [0.25, 0.3) is 10.9 Å². The third-order valence-corrected chi connectivity index (χ3v) is 4.39. The minimum Gasteiger partial charge on any atom is -0.465 e. The maximum absolute atomic E-state index is 12.7. The number of ether oxygens (including phenoxy) is 2. The fourth-order valence-corrected chi connectivity index (χ4v) is 3.00. The average molecular weight is 369 g/mol. The van der Waals surface area contributed by atoms with Gasteiger partial charge in [0.2, 0.25) is 5.78 Å². The maximum atomic E-state index is 12.7. The van der Waals surface area contributed by atoms with E-state index >= 15 is 0 Å². The van der Waals surface area contributed by atoms with Crippen molar-refractivity contribution >= 4 is 28.6 Å². The molecule has 0 aliphatic carbocycles. The highest BCUT2D eigenvalue weighted by atomic mass is 16.5. The number of esters is 2. The van der Waals surface area contributed by atoms with Gasteiger partial charge >= 0.3 is 11.9 Å². The third kappa shape index (κ3) is 3.21. The second kappa shape index (κ2) is 7.06. The van der Waals surface area contributed by atoms with Crippen LogP contribution in [-0.2, 0) is 9.47 Å². The number of aromatic nitrogens is 3. The number of para-hydroxylation sites is 1. The molecule has 2 heterocycles. The number of fused-ring (bicyclic) bond motifs is 1. The summed E-state index contributed by atoms with van der Waals surface area (Å²) in [5.74, 6) is -1.69. The van der Waals surface area contributed by atoms with Crippen molar-refractivity contribution in [1.82, 2.24) is 15.2 Å². The summed E-state index contributed by atoms with van der Waals surface area (Å²) in [5.41, 5.74) is 2.29. The van der Waals surface area contributed by atoms with Crippen molar-refractivity contribution in [3.8, 4) is 0 Å². The molecule has 0 saturated heterocycles. The summed E-state index contributed by atoms with van der Waals surface area (Å²) in [7, 11) is 1.27. The van der Waals surface area contributed by atoms with Gasteiger partial charge in [-0.1, -0.05) is 18.2 Å². The summed E-state index contributed by atoms with van der Waals surface area (Å²) in [6.45, 7) is 4.78. The first-order chi connectivity index (χ1) is 12.8. The molecule has 0 spiro atoms. The van der Waals surface area contributed by atoms with Crippen LogP contribution >= 0.6 is 0 Å². The molecule has 0 aliphatic heterocycles. The molecule has 0 saturated carbocycles. The molecule has 27 heavy (non-hydrogen) atoms. The van der Waals surface area contributed by atoms with Gasteiger partial charge in [0.1, 0.15) is 0 Å². The first-order valence-electron chi connectivity index (χ1n) is 8.31. The van der Waals surface area contributed by atoms with E-state index in [0.29, 0.717) is 27.7 Å². The number of aryl methyl sites for hydroxylation is 1. The maximum Gasteiger partial charge on any atom is 0.360 e. The van der Waals surface area contributed by atoms with Gasteiger partial charge in [-0.05, 0) is 32.4 Å². The predicted molar refractivity (Wildman–Crippen MR) is 96.9 cm³/mol. The van der Waals surface area contributed by atoms with Crippen molar-refractivity contribution in [2.75, 3.05) is 7.11 Å². The van der Waals surface area contributed by atoms with Crippen molar-refractivity contribution in [1.29, 1.82) is 0 Å². The Hall–Kier alpha value is -3.42. The summed E-state index contributed by atoms with van der Waals surface area (Å²) in [6, 6.07) is 7.12. The zero-order chi connectivity index (χ0) is 19.7. The van der Waals surface area contributed by atoms with Crippen LogP contribution in [0, 0.1) is 13.8 Å². The molecule has 3 aromatic rings. The first kappa shape index (κ1) is 18.4. The molecule has 1 atom stereocenters. The van der Waals surface area contributed by atoms with Gasteiger partial charge in [0.05, 0.1) is 23.9 Å². The van der Waals surface area contributed by atoms with E-state index in [4.69, 9.17) is 9.47 Å². The highest BCUT2D eigenvalue weighted by molar-refractivity contribution is 6.06. The second-order valence-corrected chi connectivity index (χ2v) is 6.15. The summed E-state index contributed by atoms with van der Waals surface area (Å²) in [4.78, 5) is 39.9. The van der Waals surface area contributed by atoms with E-state index < -0.39 is 23.8 Å². The molecule has 140 valence electrons. The molecule has 1 aromatic carbocycles. The van der Waals surface area contributed by atoms with Gasteiger partial charge in [0.15, 0.2) is 11.8 Å². The monoisotopic (exact) mass is 369 g/mol. The van der Waals surface area contributed by atoms with Crippen LogP contribution < -0.4 is 0 Å². The topological polar surface area (TPSA) is 114 Å². The molecule has 2 aromatic heterocycles. The SMILES string of the molecule is COC(=O)c1c(C)[nH]c(C(=O)[C@@H](C)OC(=O)c2n[nH]c3ccccc23)c1C. The Morgan fingerprint density at radius 2 is 1.81 bits per heavy atom. The zero-order valence-corrected chi connectivity index (χ0v) is 15.4. The lowest BCUT2D eigenvalue weighted by atomic mass is 10.1. The molecule has 0 aliphatic rings. The van der Waals surface area contributed by atoms with Crippen LogP contribution in [0.1, 0.15) is 49.5 Å². The number of carbonyl (C=O) groups excluding carboxylic acids is 3. The molecule has 3 rings (SSSR count). The summed E-state index contributed by atoms with van der Waals surface area (Å²) >= 11 is 0. The minimum absolute atomic E-state index is 0.111. The van der Waals surface area contributed by atoms with Gasteiger partial charge in [-0.25, -0.2) is 9.59 Å². The van der Waals surface area contributed by atoms with E-state index in [1.165, 1.54) is 14.0 Å². The Kier molecular flexibility index (Phi) is 4.81. The highest BCUT2D eigenvalue weighted by Crippen LogP contribution is 2.22. The van der Waals surface area contributed by atoms with E-state index in [1.807, 2.05) is 6.07 Å². The highest BCUT2D eigenvalue weighted by Gasteiger charge is 2.28. The normalized spacial score (nSPS) is 12.0.